The molecule has 0 fully saturated rings. The lowest BCUT2D eigenvalue weighted by Gasteiger charge is -2.08. The highest BCUT2D eigenvalue weighted by atomic mass is 16.5. The van der Waals surface area contributed by atoms with Gasteiger partial charge in [0.2, 0.25) is 0 Å². The number of ether oxygens (including phenoxy) is 1. The first-order valence-corrected chi connectivity index (χ1v) is 8.96. The molecule has 1 amide bonds. The summed E-state index contributed by atoms with van der Waals surface area (Å²) >= 11 is 0. The van der Waals surface area contributed by atoms with Crippen LogP contribution in [-0.4, -0.2) is 27.8 Å². The topological polar surface area (TPSA) is 93.0 Å². The van der Waals surface area contributed by atoms with E-state index in [2.05, 4.69) is 20.7 Å². The minimum atomic E-state index is -0.0869. The number of hydrogen-bond donors (Lipinski definition) is 2. The highest BCUT2D eigenvalue weighted by molar-refractivity contribution is 5.94. The number of H-pyrrole nitrogens is 1. The van der Waals surface area contributed by atoms with Crippen LogP contribution in [0.25, 0.3) is 0 Å². The van der Waals surface area contributed by atoms with Gasteiger partial charge in [-0.1, -0.05) is 5.16 Å². The number of hydrogen-bond acceptors (Lipinski definition) is 5. The first kappa shape index (κ1) is 18.7. The Morgan fingerprint density at radius 2 is 2.00 bits per heavy atom. The molecule has 0 radical (unpaired) electrons. The monoisotopic (exact) mass is 368 g/mol. The minimum Gasteiger partial charge on any atom is -0.489 e. The second-order valence-electron chi connectivity index (χ2n) is 6.50. The van der Waals surface area contributed by atoms with Crippen molar-refractivity contribution in [2.75, 3.05) is 6.54 Å². The van der Waals surface area contributed by atoms with Crippen molar-refractivity contribution >= 4 is 5.91 Å². The van der Waals surface area contributed by atoms with Crippen LogP contribution in [0.5, 0.6) is 5.75 Å². The third-order valence-corrected chi connectivity index (χ3v) is 4.52. The molecule has 0 aliphatic rings. The molecule has 0 saturated heterocycles. The van der Waals surface area contributed by atoms with Crippen LogP contribution in [0.3, 0.4) is 0 Å². The Bertz CT molecular complexity index is 877. The largest absolute Gasteiger partial charge is 0.489 e. The molecule has 1 aromatic carbocycles. The van der Waals surface area contributed by atoms with Gasteiger partial charge < -0.3 is 14.6 Å². The number of aromatic nitrogens is 3. The van der Waals surface area contributed by atoms with Crippen molar-refractivity contribution in [1.29, 1.82) is 0 Å². The number of nitrogens with one attached hydrogen (secondary N) is 2. The van der Waals surface area contributed by atoms with Gasteiger partial charge >= 0.3 is 0 Å². The molecule has 0 spiro atoms. The van der Waals surface area contributed by atoms with Crippen molar-refractivity contribution in [2.45, 2.75) is 40.2 Å². The maximum absolute atomic E-state index is 12.2. The number of aromatic amines is 1. The Morgan fingerprint density at radius 3 is 2.63 bits per heavy atom. The van der Waals surface area contributed by atoms with Crippen LogP contribution < -0.4 is 10.1 Å². The molecule has 0 atom stereocenters. The number of nitrogens with zero attached hydrogens (tertiary/aromatic N) is 2. The van der Waals surface area contributed by atoms with E-state index in [1.54, 1.807) is 24.3 Å². The average Bonchev–Trinajstić information content (AvgIpc) is 3.22. The van der Waals surface area contributed by atoms with Crippen LogP contribution in [0.2, 0.25) is 0 Å². The fourth-order valence-electron chi connectivity index (χ4n) is 2.78. The second kappa shape index (κ2) is 8.53. The number of carbonyl (C=O) groups is 1. The fourth-order valence-corrected chi connectivity index (χ4v) is 2.78. The van der Waals surface area contributed by atoms with E-state index in [0.29, 0.717) is 24.5 Å². The van der Waals surface area contributed by atoms with E-state index in [-0.39, 0.29) is 5.91 Å². The van der Waals surface area contributed by atoms with Crippen LogP contribution >= 0.6 is 0 Å². The van der Waals surface area contributed by atoms with E-state index in [1.165, 1.54) is 5.56 Å². The molecule has 0 saturated carbocycles. The predicted molar refractivity (Wildman–Crippen MR) is 101 cm³/mol. The molecule has 7 heteroatoms. The van der Waals surface area contributed by atoms with Crippen LogP contribution in [0.15, 0.2) is 35.0 Å². The van der Waals surface area contributed by atoms with E-state index in [9.17, 15) is 4.79 Å². The summed E-state index contributed by atoms with van der Waals surface area (Å²) in [6.45, 7) is 6.75. The zero-order chi connectivity index (χ0) is 19.2. The van der Waals surface area contributed by atoms with Crippen molar-refractivity contribution in [1.82, 2.24) is 20.7 Å². The summed E-state index contributed by atoms with van der Waals surface area (Å²) in [5, 5.41) is 13.8. The lowest BCUT2D eigenvalue weighted by atomic mass is 10.1. The van der Waals surface area contributed by atoms with E-state index in [1.807, 2.05) is 27.0 Å². The minimum absolute atomic E-state index is 0.0869. The maximum Gasteiger partial charge on any atom is 0.251 e. The quantitative estimate of drug-likeness (QED) is 0.595. The number of carbonyl (C=O) groups excluding carboxylic acids is 1. The van der Waals surface area contributed by atoms with Crippen LogP contribution in [0, 0.1) is 20.8 Å². The predicted octanol–water partition coefficient (Wildman–Crippen LogP) is 3.26. The summed E-state index contributed by atoms with van der Waals surface area (Å²) in [7, 11) is 0. The molecule has 27 heavy (non-hydrogen) atoms. The Labute approximate surface area is 158 Å². The number of aryl methyl sites for hydroxylation is 4. The normalized spacial score (nSPS) is 10.8. The summed E-state index contributed by atoms with van der Waals surface area (Å²) < 4.78 is 10.9. The molecule has 0 unspecified atom stereocenters. The van der Waals surface area contributed by atoms with Gasteiger partial charge in [-0.25, -0.2) is 0 Å². The smallest absolute Gasteiger partial charge is 0.251 e. The third kappa shape index (κ3) is 4.75. The molecule has 3 aromatic rings. The van der Waals surface area contributed by atoms with Gasteiger partial charge in [-0.2, -0.15) is 5.10 Å². The third-order valence-electron chi connectivity index (χ3n) is 4.52. The summed E-state index contributed by atoms with van der Waals surface area (Å²) in [4.78, 5) is 12.2. The Hall–Kier alpha value is -3.09. The highest BCUT2D eigenvalue weighted by Gasteiger charge is 2.10. The first-order chi connectivity index (χ1) is 13.0. The van der Waals surface area contributed by atoms with E-state index < -0.39 is 0 Å². The zero-order valence-corrected chi connectivity index (χ0v) is 15.8. The van der Waals surface area contributed by atoms with Crippen LogP contribution in [0.1, 0.15) is 45.1 Å². The lowest BCUT2D eigenvalue weighted by molar-refractivity contribution is 0.0953. The van der Waals surface area contributed by atoms with Crippen molar-refractivity contribution in [2.24, 2.45) is 0 Å². The number of amides is 1. The highest BCUT2D eigenvalue weighted by Crippen LogP contribution is 2.18. The fraction of sp³-hybridized carbons (Fsp3) is 0.350. The van der Waals surface area contributed by atoms with Gasteiger partial charge in [-0.15, -0.1) is 0 Å². The molecule has 0 aliphatic carbocycles. The van der Waals surface area contributed by atoms with E-state index in [4.69, 9.17) is 9.26 Å². The summed E-state index contributed by atoms with van der Waals surface area (Å²) in [5.41, 5.74) is 4.65. The molecule has 0 bridgehead atoms. The van der Waals surface area contributed by atoms with Crippen LogP contribution in [-0.2, 0) is 13.0 Å². The first-order valence-electron chi connectivity index (χ1n) is 8.96. The van der Waals surface area contributed by atoms with Gasteiger partial charge in [-0.05, 0) is 63.4 Å². The molecule has 7 nitrogen and oxygen atoms in total. The second-order valence-corrected chi connectivity index (χ2v) is 6.50. The number of rotatable bonds is 8. The van der Waals surface area contributed by atoms with Gasteiger partial charge in [0.25, 0.3) is 5.91 Å². The average molecular weight is 368 g/mol. The van der Waals surface area contributed by atoms with Gasteiger partial charge in [0.1, 0.15) is 18.1 Å². The van der Waals surface area contributed by atoms with Crippen molar-refractivity contribution in [3.05, 3.63) is 64.3 Å². The molecule has 3 rings (SSSR count). The Morgan fingerprint density at radius 1 is 1.22 bits per heavy atom. The zero-order valence-electron chi connectivity index (χ0n) is 15.8. The summed E-state index contributed by atoms with van der Waals surface area (Å²) in [6.07, 6.45) is 3.58. The van der Waals surface area contributed by atoms with Crippen molar-refractivity contribution < 1.29 is 14.1 Å². The molecule has 142 valence electrons. The summed E-state index contributed by atoms with van der Waals surface area (Å²) in [6, 6.07) is 7.11. The standard InChI is InChI=1S/C20H24N4O3/c1-13-17(11-22-23-13)5-4-10-21-20(25)16-6-8-18(9-7-16)26-12-19-14(2)24-27-15(19)3/h6-9,11H,4-5,10,12H2,1-3H3,(H,21,25)(H,22,23). The SMILES string of the molecule is Cc1noc(C)c1COc1ccc(C(=O)NCCCc2cn[nH]c2C)cc1. The lowest BCUT2D eigenvalue weighted by Crippen LogP contribution is -2.24. The molecular weight excluding hydrogens is 344 g/mol. The van der Waals surface area contributed by atoms with Crippen molar-refractivity contribution in [3.8, 4) is 5.75 Å². The Kier molecular flexibility index (Phi) is 5.90. The van der Waals surface area contributed by atoms with Gasteiger partial charge in [0, 0.05) is 17.8 Å². The van der Waals surface area contributed by atoms with Crippen LogP contribution in [0.4, 0.5) is 0 Å². The molecule has 2 heterocycles. The van der Waals surface area contributed by atoms with E-state index in [0.717, 1.165) is 35.6 Å². The van der Waals surface area contributed by atoms with Gasteiger partial charge in [0.05, 0.1) is 17.5 Å². The van der Waals surface area contributed by atoms with Gasteiger partial charge in [-0.3, -0.25) is 9.89 Å². The molecule has 0 aliphatic heterocycles. The molecule has 2 aromatic heterocycles. The molecular formula is C20H24N4O3. The van der Waals surface area contributed by atoms with E-state index >= 15 is 0 Å². The summed E-state index contributed by atoms with van der Waals surface area (Å²) in [5.74, 6) is 1.37. The molecule has 2 N–H and O–H groups in total. The van der Waals surface area contributed by atoms with Crippen molar-refractivity contribution in [3.63, 3.8) is 0 Å². The number of benzene rings is 1. The van der Waals surface area contributed by atoms with Gasteiger partial charge in [0.15, 0.2) is 0 Å². The Balaban J connectivity index is 1.45. The maximum atomic E-state index is 12.2.